The lowest BCUT2D eigenvalue weighted by molar-refractivity contribution is 0.628. The van der Waals surface area contributed by atoms with Gasteiger partial charge in [-0.25, -0.2) is 4.39 Å². The third-order valence-electron chi connectivity index (χ3n) is 3.27. The van der Waals surface area contributed by atoms with E-state index in [1.165, 1.54) is 30.1 Å². The van der Waals surface area contributed by atoms with Crippen molar-refractivity contribution in [1.82, 2.24) is 0 Å². The highest BCUT2D eigenvalue weighted by Gasteiger charge is 2.22. The van der Waals surface area contributed by atoms with E-state index in [2.05, 4.69) is 22.7 Å². The van der Waals surface area contributed by atoms with Gasteiger partial charge in [0.1, 0.15) is 5.82 Å². The van der Waals surface area contributed by atoms with E-state index in [1.807, 2.05) is 41.7 Å². The number of rotatable bonds is 4. The molecule has 0 aliphatic carbocycles. The molecule has 0 aromatic heterocycles. The predicted molar refractivity (Wildman–Crippen MR) is 96.3 cm³/mol. The summed E-state index contributed by atoms with van der Waals surface area (Å²) in [5, 5.41) is 4.62. The highest BCUT2D eigenvalue weighted by molar-refractivity contribution is 8.18. The summed E-state index contributed by atoms with van der Waals surface area (Å²) in [5.74, 6) is 2.09. The first-order valence-electron chi connectivity index (χ1n) is 7.21. The summed E-state index contributed by atoms with van der Waals surface area (Å²) >= 11 is 3.87. The van der Waals surface area contributed by atoms with Crippen LogP contribution in [0.4, 0.5) is 10.1 Å². The van der Waals surface area contributed by atoms with E-state index >= 15 is 0 Å². The maximum absolute atomic E-state index is 13.0. The Morgan fingerprint density at radius 2 is 1.68 bits per heavy atom. The number of thioether (sulfide) groups is 2. The van der Waals surface area contributed by atoms with Crippen molar-refractivity contribution in [3.05, 3.63) is 66.0 Å². The van der Waals surface area contributed by atoms with Crippen LogP contribution in [0.1, 0.15) is 12.0 Å². The third kappa shape index (κ3) is 4.05. The number of hydrogen-bond donors (Lipinski definition) is 1. The zero-order valence-electron chi connectivity index (χ0n) is 12.0. The molecule has 0 spiro atoms. The molecular formula is C17H17FN2S2. The average molecular weight is 332 g/mol. The molecule has 1 fully saturated rings. The first-order valence-corrected chi connectivity index (χ1v) is 9.30. The summed E-state index contributed by atoms with van der Waals surface area (Å²) in [6, 6.07) is 16.5. The maximum Gasteiger partial charge on any atom is 0.123 e. The van der Waals surface area contributed by atoms with Crippen LogP contribution >= 0.6 is 23.5 Å². The second-order valence-corrected chi connectivity index (χ2v) is 7.63. The van der Waals surface area contributed by atoms with Crippen molar-refractivity contribution in [2.24, 2.45) is 5.10 Å². The predicted octanol–water partition coefficient (Wildman–Crippen LogP) is 4.84. The van der Waals surface area contributed by atoms with E-state index in [9.17, 15) is 4.39 Å². The van der Waals surface area contributed by atoms with Gasteiger partial charge in [0.2, 0.25) is 0 Å². The number of hydrogen-bond acceptors (Lipinski definition) is 4. The summed E-state index contributed by atoms with van der Waals surface area (Å²) in [5.41, 5.74) is 6.02. The molecule has 0 bridgehead atoms. The van der Waals surface area contributed by atoms with Crippen molar-refractivity contribution in [3.8, 4) is 0 Å². The first-order chi connectivity index (χ1) is 10.8. The normalized spacial score (nSPS) is 16.5. The quantitative estimate of drug-likeness (QED) is 0.640. The smallest absolute Gasteiger partial charge is 0.123 e. The van der Waals surface area contributed by atoms with Crippen molar-refractivity contribution >= 4 is 34.9 Å². The fourth-order valence-electron chi connectivity index (χ4n) is 2.16. The molecule has 2 nitrogen and oxygen atoms in total. The monoisotopic (exact) mass is 332 g/mol. The van der Waals surface area contributed by atoms with Crippen LogP contribution in [-0.4, -0.2) is 21.8 Å². The van der Waals surface area contributed by atoms with Crippen molar-refractivity contribution in [1.29, 1.82) is 0 Å². The molecule has 2 aromatic rings. The van der Waals surface area contributed by atoms with Crippen LogP contribution < -0.4 is 5.43 Å². The lowest BCUT2D eigenvalue weighted by atomic mass is 10.1. The lowest BCUT2D eigenvalue weighted by Crippen LogP contribution is -2.20. The first kappa shape index (κ1) is 15.4. The Morgan fingerprint density at radius 3 is 2.36 bits per heavy atom. The summed E-state index contributed by atoms with van der Waals surface area (Å²) in [4.78, 5) is 0. The van der Waals surface area contributed by atoms with E-state index < -0.39 is 0 Å². The zero-order valence-corrected chi connectivity index (χ0v) is 13.7. The van der Waals surface area contributed by atoms with Crippen LogP contribution in [0.3, 0.4) is 0 Å². The molecule has 1 aliphatic rings. The van der Waals surface area contributed by atoms with Gasteiger partial charge in [-0.1, -0.05) is 30.3 Å². The molecule has 0 radical (unpaired) electrons. The van der Waals surface area contributed by atoms with Gasteiger partial charge in [0, 0.05) is 0 Å². The fourth-order valence-corrected chi connectivity index (χ4v) is 5.05. The number of hydrazone groups is 1. The second-order valence-electron chi connectivity index (χ2n) is 4.91. The van der Waals surface area contributed by atoms with Crippen LogP contribution in [0.25, 0.3) is 0 Å². The van der Waals surface area contributed by atoms with Crippen LogP contribution in [-0.2, 0) is 0 Å². The van der Waals surface area contributed by atoms with Gasteiger partial charge in [-0.15, -0.1) is 23.5 Å². The molecule has 0 atom stereocenters. The Kier molecular flexibility index (Phi) is 5.40. The molecule has 114 valence electrons. The van der Waals surface area contributed by atoms with Crippen molar-refractivity contribution in [2.45, 2.75) is 11.0 Å². The van der Waals surface area contributed by atoms with Gasteiger partial charge in [0.15, 0.2) is 0 Å². The topological polar surface area (TPSA) is 24.4 Å². The molecule has 1 N–H and O–H groups in total. The number of halogens is 1. The maximum atomic E-state index is 13.0. The van der Waals surface area contributed by atoms with Gasteiger partial charge >= 0.3 is 0 Å². The molecule has 1 aliphatic heterocycles. The standard InChI is InChI=1S/C17H17FN2S2/c18-14-7-9-15(10-8-14)19-20-16(13-5-2-1-3-6-13)17-21-11-4-12-22-17/h1-3,5-10,17,19H,4,11-12H2/b20-16+. The van der Waals surface area contributed by atoms with E-state index in [1.54, 1.807) is 12.1 Å². The summed E-state index contributed by atoms with van der Waals surface area (Å²) in [6.07, 6.45) is 1.25. The van der Waals surface area contributed by atoms with Gasteiger partial charge in [0.25, 0.3) is 0 Å². The number of benzene rings is 2. The molecule has 3 rings (SSSR count). The molecule has 0 amide bonds. The molecule has 0 saturated carbocycles. The largest absolute Gasteiger partial charge is 0.278 e. The van der Waals surface area contributed by atoms with Crippen molar-refractivity contribution in [3.63, 3.8) is 0 Å². The molecule has 5 heteroatoms. The summed E-state index contributed by atoms with van der Waals surface area (Å²) in [6.45, 7) is 0. The van der Waals surface area contributed by atoms with E-state index in [-0.39, 0.29) is 5.82 Å². The average Bonchev–Trinajstić information content (AvgIpc) is 2.59. The van der Waals surface area contributed by atoms with Gasteiger partial charge in [-0.05, 0) is 47.8 Å². The molecule has 0 unspecified atom stereocenters. The molecule has 1 saturated heterocycles. The second kappa shape index (κ2) is 7.70. The van der Waals surface area contributed by atoms with Crippen LogP contribution in [0.5, 0.6) is 0 Å². The van der Waals surface area contributed by atoms with Crippen LogP contribution in [0.2, 0.25) is 0 Å². The van der Waals surface area contributed by atoms with Gasteiger partial charge in [-0.2, -0.15) is 5.10 Å². The SMILES string of the molecule is Fc1ccc(N/N=C(\c2ccccc2)C2SCCCS2)cc1. The molecular weight excluding hydrogens is 315 g/mol. The molecule has 2 aromatic carbocycles. The fraction of sp³-hybridized carbons (Fsp3) is 0.235. The van der Waals surface area contributed by atoms with E-state index in [4.69, 9.17) is 0 Å². The molecule has 22 heavy (non-hydrogen) atoms. The lowest BCUT2D eigenvalue weighted by Gasteiger charge is -2.22. The zero-order chi connectivity index (χ0) is 15.2. The Labute approximate surface area is 138 Å². The van der Waals surface area contributed by atoms with Crippen molar-refractivity contribution < 1.29 is 4.39 Å². The minimum Gasteiger partial charge on any atom is -0.278 e. The van der Waals surface area contributed by atoms with Gasteiger partial charge in [-0.3, -0.25) is 5.43 Å². The summed E-state index contributed by atoms with van der Waals surface area (Å²) < 4.78 is 13.3. The Morgan fingerprint density at radius 1 is 1.00 bits per heavy atom. The number of nitrogens with zero attached hydrogens (tertiary/aromatic N) is 1. The van der Waals surface area contributed by atoms with Crippen LogP contribution in [0.15, 0.2) is 59.7 Å². The minimum atomic E-state index is -0.240. The van der Waals surface area contributed by atoms with Gasteiger partial charge < -0.3 is 0 Å². The Balaban J connectivity index is 1.83. The number of anilines is 1. The Hall–Kier alpha value is -1.46. The minimum absolute atomic E-state index is 0.240. The summed E-state index contributed by atoms with van der Waals surface area (Å²) in [7, 11) is 0. The highest BCUT2D eigenvalue weighted by Crippen LogP contribution is 2.33. The van der Waals surface area contributed by atoms with E-state index in [0.29, 0.717) is 4.58 Å². The third-order valence-corrected chi connectivity index (χ3v) is 6.19. The Bertz CT molecular complexity index is 623. The van der Waals surface area contributed by atoms with Gasteiger partial charge in [0.05, 0.1) is 16.0 Å². The highest BCUT2D eigenvalue weighted by atomic mass is 32.2. The number of nitrogens with one attached hydrogen (secondary N) is 1. The van der Waals surface area contributed by atoms with Crippen LogP contribution in [0, 0.1) is 5.82 Å². The van der Waals surface area contributed by atoms with Crippen molar-refractivity contribution in [2.75, 3.05) is 16.9 Å². The molecule has 1 heterocycles. The van der Waals surface area contributed by atoms with E-state index in [0.717, 1.165) is 17.0 Å².